The Morgan fingerprint density at radius 1 is 0.268 bits per heavy atom. The van der Waals surface area contributed by atoms with Crippen molar-refractivity contribution in [3.05, 3.63) is 235 Å². The molecule has 0 spiro atoms. The SMILES string of the molecule is Cc1ccc(-c2cccc(-c3ccc4c(c3)c3ccccc3n4-c3ccc(-c4ccccc4)cc3)c2)cc1.Cc1ccc2ccccc2c1.Cc1ccccc1. The molecule has 0 aliphatic rings. The second-order valence-corrected chi connectivity index (χ2v) is 14.4. The van der Waals surface area contributed by atoms with E-state index in [4.69, 9.17) is 0 Å². The summed E-state index contributed by atoms with van der Waals surface area (Å²) in [7, 11) is 0. The standard InChI is InChI=1S/C37H27N.C11H10.C7H8/c1-26-14-16-29(17-15-26)30-10-7-11-31(24-30)32-20-23-37-35(25-32)34-12-5-6-13-36(34)38(37)33-21-18-28(19-22-33)27-8-3-2-4-9-27;1-9-6-7-10-4-2-3-5-11(10)8-9;1-7-5-3-2-4-6-7/h2-25H,1H3;2-8H,1H3;2-6H,1H3. The average molecular weight is 720 g/mol. The molecule has 0 saturated carbocycles. The zero-order valence-electron chi connectivity index (χ0n) is 32.2. The highest BCUT2D eigenvalue weighted by Gasteiger charge is 2.14. The van der Waals surface area contributed by atoms with Gasteiger partial charge in [0, 0.05) is 16.5 Å². The summed E-state index contributed by atoms with van der Waals surface area (Å²) in [5.74, 6) is 0. The molecule has 0 radical (unpaired) electrons. The van der Waals surface area contributed by atoms with Crippen molar-refractivity contribution in [1.82, 2.24) is 4.57 Å². The highest BCUT2D eigenvalue weighted by Crippen LogP contribution is 2.36. The topological polar surface area (TPSA) is 4.93 Å². The summed E-state index contributed by atoms with van der Waals surface area (Å²) in [6, 6.07) is 77.8. The van der Waals surface area contributed by atoms with Crippen LogP contribution in [0.4, 0.5) is 0 Å². The van der Waals surface area contributed by atoms with Crippen LogP contribution >= 0.6 is 0 Å². The zero-order chi connectivity index (χ0) is 38.3. The van der Waals surface area contributed by atoms with E-state index in [-0.39, 0.29) is 0 Å². The van der Waals surface area contributed by atoms with Crippen molar-refractivity contribution in [3.63, 3.8) is 0 Å². The lowest BCUT2D eigenvalue weighted by Gasteiger charge is -2.10. The normalized spacial score (nSPS) is 10.8. The molecule has 1 heterocycles. The van der Waals surface area contributed by atoms with Crippen LogP contribution in [0.25, 0.3) is 71.6 Å². The van der Waals surface area contributed by atoms with Crippen molar-refractivity contribution >= 4 is 32.6 Å². The van der Waals surface area contributed by atoms with Crippen LogP contribution in [-0.2, 0) is 0 Å². The third kappa shape index (κ3) is 8.09. The van der Waals surface area contributed by atoms with E-state index in [1.807, 2.05) is 18.2 Å². The molecule has 0 amide bonds. The number of hydrogen-bond donors (Lipinski definition) is 0. The fourth-order valence-electron chi connectivity index (χ4n) is 7.33. The number of aromatic nitrogens is 1. The molecular formula is C55H45N. The lowest BCUT2D eigenvalue weighted by atomic mass is 9.97. The van der Waals surface area contributed by atoms with E-state index >= 15 is 0 Å². The van der Waals surface area contributed by atoms with E-state index in [0.29, 0.717) is 0 Å². The first-order chi connectivity index (χ1) is 27.5. The van der Waals surface area contributed by atoms with Gasteiger partial charge in [-0.3, -0.25) is 0 Å². The Labute approximate surface area is 330 Å². The minimum Gasteiger partial charge on any atom is -0.309 e. The van der Waals surface area contributed by atoms with Crippen molar-refractivity contribution in [2.75, 3.05) is 0 Å². The highest BCUT2D eigenvalue weighted by molar-refractivity contribution is 6.10. The minimum atomic E-state index is 1.17. The number of aryl methyl sites for hydroxylation is 3. The number of rotatable bonds is 4. The maximum Gasteiger partial charge on any atom is 0.0541 e. The Bertz CT molecular complexity index is 2850. The Balaban J connectivity index is 0.000000200. The quantitative estimate of drug-likeness (QED) is 0.171. The number of fused-ring (bicyclic) bond motifs is 4. The smallest absolute Gasteiger partial charge is 0.0541 e. The Morgan fingerprint density at radius 3 is 1.46 bits per heavy atom. The first-order valence-corrected chi connectivity index (χ1v) is 19.3. The van der Waals surface area contributed by atoms with E-state index in [2.05, 4.69) is 226 Å². The van der Waals surface area contributed by atoms with Gasteiger partial charge in [-0.25, -0.2) is 0 Å². The zero-order valence-corrected chi connectivity index (χ0v) is 32.2. The molecule has 10 rings (SSSR count). The van der Waals surface area contributed by atoms with Gasteiger partial charge < -0.3 is 4.57 Å². The van der Waals surface area contributed by atoms with E-state index in [1.54, 1.807) is 0 Å². The van der Waals surface area contributed by atoms with Gasteiger partial charge in [-0.15, -0.1) is 0 Å². The van der Waals surface area contributed by atoms with Gasteiger partial charge >= 0.3 is 0 Å². The van der Waals surface area contributed by atoms with Gasteiger partial charge in [-0.1, -0.05) is 199 Å². The lowest BCUT2D eigenvalue weighted by Crippen LogP contribution is -1.93. The average Bonchev–Trinajstić information content (AvgIpc) is 3.59. The summed E-state index contributed by atoms with van der Waals surface area (Å²) < 4.78 is 2.38. The Morgan fingerprint density at radius 2 is 0.750 bits per heavy atom. The fourth-order valence-corrected chi connectivity index (χ4v) is 7.33. The molecule has 0 fully saturated rings. The molecule has 0 unspecified atom stereocenters. The van der Waals surface area contributed by atoms with E-state index < -0.39 is 0 Å². The molecule has 10 aromatic rings. The largest absolute Gasteiger partial charge is 0.309 e. The van der Waals surface area contributed by atoms with E-state index in [1.165, 1.54) is 88.3 Å². The second kappa shape index (κ2) is 16.6. The van der Waals surface area contributed by atoms with Crippen LogP contribution in [0.5, 0.6) is 0 Å². The summed E-state index contributed by atoms with van der Waals surface area (Å²) in [5, 5.41) is 5.18. The number of benzene rings is 9. The lowest BCUT2D eigenvalue weighted by molar-refractivity contribution is 1.18. The monoisotopic (exact) mass is 719 g/mol. The molecular weight excluding hydrogens is 675 g/mol. The fraction of sp³-hybridized carbons (Fsp3) is 0.0545. The van der Waals surface area contributed by atoms with Crippen LogP contribution in [0.1, 0.15) is 16.7 Å². The van der Waals surface area contributed by atoms with Crippen molar-refractivity contribution in [2.45, 2.75) is 20.8 Å². The van der Waals surface area contributed by atoms with Crippen LogP contribution < -0.4 is 0 Å². The van der Waals surface area contributed by atoms with Crippen molar-refractivity contribution in [3.8, 4) is 39.1 Å². The molecule has 1 nitrogen and oxygen atoms in total. The maximum absolute atomic E-state index is 2.38. The number of nitrogens with zero attached hydrogens (tertiary/aromatic N) is 1. The number of para-hydroxylation sites is 1. The molecule has 9 aromatic carbocycles. The summed E-state index contributed by atoms with van der Waals surface area (Å²) in [6.07, 6.45) is 0. The van der Waals surface area contributed by atoms with Crippen LogP contribution in [-0.4, -0.2) is 4.57 Å². The van der Waals surface area contributed by atoms with Gasteiger partial charge in [0.25, 0.3) is 0 Å². The second-order valence-electron chi connectivity index (χ2n) is 14.4. The van der Waals surface area contributed by atoms with Gasteiger partial charge in [0.05, 0.1) is 11.0 Å². The molecule has 0 saturated heterocycles. The molecule has 270 valence electrons. The summed E-state index contributed by atoms with van der Waals surface area (Å²) in [5.41, 5.74) is 14.9. The van der Waals surface area contributed by atoms with Crippen LogP contribution in [0, 0.1) is 20.8 Å². The summed E-state index contributed by atoms with van der Waals surface area (Å²) in [4.78, 5) is 0. The third-order valence-electron chi connectivity index (χ3n) is 10.3. The van der Waals surface area contributed by atoms with Crippen LogP contribution in [0.2, 0.25) is 0 Å². The third-order valence-corrected chi connectivity index (χ3v) is 10.3. The van der Waals surface area contributed by atoms with Gasteiger partial charge in [0.2, 0.25) is 0 Å². The van der Waals surface area contributed by atoms with Gasteiger partial charge in [0.15, 0.2) is 0 Å². The summed E-state index contributed by atoms with van der Waals surface area (Å²) in [6.45, 7) is 6.33. The molecule has 1 heteroatoms. The first-order valence-electron chi connectivity index (χ1n) is 19.3. The molecule has 0 aliphatic carbocycles. The predicted molar refractivity (Wildman–Crippen MR) is 242 cm³/mol. The molecule has 1 aromatic heterocycles. The van der Waals surface area contributed by atoms with Crippen molar-refractivity contribution in [2.24, 2.45) is 0 Å². The predicted octanol–water partition coefficient (Wildman–Crippen LogP) is 15.2. The Hall–Kier alpha value is -6.96. The van der Waals surface area contributed by atoms with Gasteiger partial charge in [-0.2, -0.15) is 0 Å². The van der Waals surface area contributed by atoms with E-state index in [9.17, 15) is 0 Å². The van der Waals surface area contributed by atoms with Crippen molar-refractivity contribution in [1.29, 1.82) is 0 Å². The van der Waals surface area contributed by atoms with E-state index in [0.717, 1.165) is 0 Å². The first kappa shape index (κ1) is 36.0. The molecule has 0 N–H and O–H groups in total. The van der Waals surface area contributed by atoms with Crippen LogP contribution in [0.3, 0.4) is 0 Å². The molecule has 0 bridgehead atoms. The summed E-state index contributed by atoms with van der Waals surface area (Å²) >= 11 is 0. The maximum atomic E-state index is 2.38. The minimum absolute atomic E-state index is 1.17. The van der Waals surface area contributed by atoms with Gasteiger partial charge in [0.1, 0.15) is 0 Å². The van der Waals surface area contributed by atoms with Crippen molar-refractivity contribution < 1.29 is 0 Å². The van der Waals surface area contributed by atoms with Crippen LogP contribution in [0.15, 0.2) is 218 Å². The molecule has 0 aliphatic heterocycles. The highest BCUT2D eigenvalue weighted by atomic mass is 15.0. The molecule has 0 atom stereocenters. The Kier molecular flexibility index (Phi) is 10.7. The molecule has 56 heavy (non-hydrogen) atoms. The van der Waals surface area contributed by atoms with Gasteiger partial charge in [-0.05, 0) is 101 Å². The number of hydrogen-bond acceptors (Lipinski definition) is 0.